The molecule has 1 aromatic carbocycles. The van der Waals surface area contributed by atoms with Gasteiger partial charge in [0.1, 0.15) is 0 Å². The molecule has 1 amide bonds. The molecular weight excluding hydrogens is 408 g/mol. The number of amides is 1. The third-order valence-corrected chi connectivity index (χ3v) is 5.17. The Balaban J connectivity index is 1.48. The van der Waals surface area contributed by atoms with Crippen LogP contribution >= 0.6 is 11.8 Å². The number of hydrogen-bond donors (Lipinski definition) is 1. The van der Waals surface area contributed by atoms with E-state index in [1.807, 2.05) is 6.26 Å². The van der Waals surface area contributed by atoms with Crippen molar-refractivity contribution in [2.75, 3.05) is 24.9 Å². The molecule has 0 saturated carbocycles. The van der Waals surface area contributed by atoms with Gasteiger partial charge in [-0.1, -0.05) is 11.8 Å². The molecule has 5 rings (SSSR count). The number of thioether (sulfide) groups is 1. The summed E-state index contributed by atoms with van der Waals surface area (Å²) in [5.41, 5.74) is 3.07. The van der Waals surface area contributed by atoms with Gasteiger partial charge in [-0.15, -0.1) is 5.10 Å². The highest BCUT2D eigenvalue weighted by Crippen LogP contribution is 2.30. The quantitative estimate of drug-likeness (QED) is 0.495. The van der Waals surface area contributed by atoms with Crippen LogP contribution in [0.4, 0.5) is 0 Å². The number of hydrogen-bond acceptors (Lipinski definition) is 8. The number of carbonyl (C=O) groups excluding carboxylic acids is 1. The number of nitrogens with zero attached hydrogens (tertiary/aromatic N) is 5. The van der Waals surface area contributed by atoms with E-state index in [1.165, 1.54) is 28.7 Å². The molecule has 1 aliphatic heterocycles. The maximum absolute atomic E-state index is 12.9. The van der Waals surface area contributed by atoms with Crippen LogP contribution in [0.15, 0.2) is 46.6 Å². The van der Waals surface area contributed by atoms with Gasteiger partial charge < -0.3 is 9.47 Å². The molecule has 10 nitrogen and oxygen atoms in total. The highest BCUT2D eigenvalue weighted by atomic mass is 32.2. The lowest BCUT2D eigenvalue weighted by Crippen LogP contribution is -2.33. The molecule has 0 saturated heterocycles. The van der Waals surface area contributed by atoms with Gasteiger partial charge >= 0.3 is 0 Å². The molecule has 3 aromatic heterocycles. The Morgan fingerprint density at radius 1 is 1.20 bits per heavy atom. The van der Waals surface area contributed by atoms with Gasteiger partial charge in [-0.3, -0.25) is 15.0 Å². The molecule has 152 valence electrons. The molecular formula is C19H16N6O4S. The first-order chi connectivity index (χ1) is 14.6. The summed E-state index contributed by atoms with van der Waals surface area (Å²) in [7, 11) is 0. The normalized spacial score (nSPS) is 13.4. The first kappa shape index (κ1) is 18.4. The molecule has 0 bridgehead atoms. The second-order valence-electron chi connectivity index (χ2n) is 6.51. The third-order valence-electron chi connectivity index (χ3n) is 4.63. The number of carbonyl (C=O) groups is 1. The molecule has 30 heavy (non-hydrogen) atoms. The second-order valence-corrected chi connectivity index (χ2v) is 7.28. The molecule has 0 spiro atoms. The molecule has 0 unspecified atom stereocenters. The van der Waals surface area contributed by atoms with Crippen molar-refractivity contribution in [3.8, 4) is 11.5 Å². The molecule has 11 heteroatoms. The van der Waals surface area contributed by atoms with Crippen molar-refractivity contribution < 1.29 is 14.3 Å². The zero-order chi connectivity index (χ0) is 20.7. The zero-order valence-corrected chi connectivity index (χ0v) is 16.7. The second kappa shape index (κ2) is 7.34. The van der Waals surface area contributed by atoms with Gasteiger partial charge in [-0.05, 0) is 30.5 Å². The number of pyridine rings is 1. The van der Waals surface area contributed by atoms with Crippen LogP contribution in [0.2, 0.25) is 0 Å². The monoisotopic (exact) mass is 424 g/mol. The molecule has 4 aromatic rings. The summed E-state index contributed by atoms with van der Waals surface area (Å²) in [5.74, 6) is 1.06. The van der Waals surface area contributed by atoms with E-state index in [9.17, 15) is 9.59 Å². The topological polar surface area (TPSA) is 113 Å². The first-order valence-electron chi connectivity index (χ1n) is 9.16. The molecule has 1 N–H and O–H groups in total. The standard InChI is InChI=1S/C19H16N6O4S/c1-30-19-21-18-20-10-12-13(25(18)23-19)5-6-24(17(12)27)22-16(26)11-3-4-14-15(9-11)29-8-2-7-28-14/h3-6,9-10H,2,7-8H2,1H3,(H,22,26). The summed E-state index contributed by atoms with van der Waals surface area (Å²) in [6, 6.07) is 6.60. The summed E-state index contributed by atoms with van der Waals surface area (Å²) >= 11 is 1.38. The number of nitrogens with one attached hydrogen (secondary N) is 1. The Labute approximate surface area is 173 Å². The maximum Gasteiger partial charge on any atom is 0.280 e. The summed E-state index contributed by atoms with van der Waals surface area (Å²) in [6.45, 7) is 1.08. The SMILES string of the molecule is CSc1nc2ncc3c(=O)n(NC(=O)c4ccc5c(c4)OCCCO5)ccc3n2n1. The summed E-state index contributed by atoms with van der Waals surface area (Å²) in [6.07, 6.45) is 5.54. The van der Waals surface area contributed by atoms with E-state index >= 15 is 0 Å². The summed E-state index contributed by atoms with van der Waals surface area (Å²) in [5, 5.41) is 5.20. The minimum absolute atomic E-state index is 0.307. The fourth-order valence-corrected chi connectivity index (χ4v) is 3.49. The van der Waals surface area contributed by atoms with Gasteiger partial charge in [0.05, 0.1) is 24.1 Å². The molecule has 0 aliphatic carbocycles. The van der Waals surface area contributed by atoms with Crippen LogP contribution in [0.1, 0.15) is 16.8 Å². The van der Waals surface area contributed by atoms with Gasteiger partial charge in [-0.25, -0.2) is 9.66 Å². The van der Waals surface area contributed by atoms with Crippen LogP contribution in [-0.2, 0) is 0 Å². The Hall–Kier alpha value is -3.60. The Morgan fingerprint density at radius 2 is 2.03 bits per heavy atom. The number of ether oxygens (including phenoxy) is 2. The first-order valence-corrected chi connectivity index (χ1v) is 10.4. The highest BCUT2D eigenvalue weighted by molar-refractivity contribution is 7.98. The van der Waals surface area contributed by atoms with Crippen LogP contribution in [0.25, 0.3) is 16.7 Å². The van der Waals surface area contributed by atoms with Crippen molar-refractivity contribution in [1.29, 1.82) is 0 Å². The predicted molar refractivity (Wildman–Crippen MR) is 110 cm³/mol. The van der Waals surface area contributed by atoms with Crippen molar-refractivity contribution >= 4 is 34.3 Å². The third kappa shape index (κ3) is 3.12. The van der Waals surface area contributed by atoms with E-state index in [-0.39, 0.29) is 0 Å². The van der Waals surface area contributed by atoms with Gasteiger partial charge in [0.2, 0.25) is 5.16 Å². The van der Waals surface area contributed by atoms with Gasteiger partial charge in [0.15, 0.2) is 11.5 Å². The van der Waals surface area contributed by atoms with E-state index in [1.54, 1.807) is 24.3 Å². The fourth-order valence-electron chi connectivity index (χ4n) is 3.15. The van der Waals surface area contributed by atoms with Crippen LogP contribution in [0.5, 0.6) is 11.5 Å². The van der Waals surface area contributed by atoms with Crippen molar-refractivity contribution in [1.82, 2.24) is 24.3 Å². The van der Waals surface area contributed by atoms with Crippen molar-refractivity contribution in [2.45, 2.75) is 11.6 Å². The maximum atomic E-state index is 12.9. The van der Waals surface area contributed by atoms with E-state index in [2.05, 4.69) is 20.5 Å². The largest absolute Gasteiger partial charge is 0.490 e. The van der Waals surface area contributed by atoms with E-state index in [4.69, 9.17) is 9.47 Å². The van der Waals surface area contributed by atoms with Gasteiger partial charge in [0, 0.05) is 24.4 Å². The molecule has 4 heterocycles. The summed E-state index contributed by atoms with van der Waals surface area (Å²) < 4.78 is 13.8. The molecule has 1 aliphatic rings. The smallest absolute Gasteiger partial charge is 0.280 e. The van der Waals surface area contributed by atoms with E-state index in [0.717, 1.165) is 11.1 Å². The molecule has 0 radical (unpaired) electrons. The number of fused-ring (bicyclic) bond motifs is 4. The zero-order valence-electron chi connectivity index (χ0n) is 15.9. The minimum atomic E-state index is -0.452. The lowest BCUT2D eigenvalue weighted by atomic mass is 10.2. The molecule has 0 fully saturated rings. The average Bonchev–Trinajstić information content (AvgIpc) is 3.05. The van der Waals surface area contributed by atoms with Crippen LogP contribution < -0.4 is 20.5 Å². The minimum Gasteiger partial charge on any atom is -0.490 e. The lowest BCUT2D eigenvalue weighted by Gasteiger charge is -2.11. The van der Waals surface area contributed by atoms with Crippen molar-refractivity contribution in [3.05, 3.63) is 52.6 Å². The Morgan fingerprint density at radius 3 is 2.87 bits per heavy atom. The van der Waals surface area contributed by atoms with Crippen molar-refractivity contribution in [3.63, 3.8) is 0 Å². The highest BCUT2D eigenvalue weighted by Gasteiger charge is 2.16. The Bertz CT molecular complexity index is 1350. The molecule has 0 atom stereocenters. The van der Waals surface area contributed by atoms with Gasteiger partial charge in [-0.2, -0.15) is 9.50 Å². The van der Waals surface area contributed by atoms with Crippen molar-refractivity contribution in [2.24, 2.45) is 0 Å². The average molecular weight is 424 g/mol. The number of rotatable bonds is 3. The Kier molecular flexibility index (Phi) is 4.51. The van der Waals surface area contributed by atoms with Crippen LogP contribution in [0, 0.1) is 0 Å². The number of benzene rings is 1. The van der Waals surface area contributed by atoms with Crippen LogP contribution in [-0.4, -0.2) is 49.6 Å². The van der Waals surface area contributed by atoms with Crippen LogP contribution in [0.3, 0.4) is 0 Å². The fraction of sp³-hybridized carbons (Fsp3) is 0.211. The predicted octanol–water partition coefficient (Wildman–Crippen LogP) is 1.71. The van der Waals surface area contributed by atoms with E-state index < -0.39 is 11.5 Å². The lowest BCUT2D eigenvalue weighted by molar-refractivity contribution is 0.101. The number of aromatic nitrogens is 5. The summed E-state index contributed by atoms with van der Waals surface area (Å²) in [4.78, 5) is 34.1. The van der Waals surface area contributed by atoms with E-state index in [0.29, 0.717) is 52.1 Å². The van der Waals surface area contributed by atoms with Gasteiger partial charge in [0.25, 0.3) is 17.2 Å².